The third-order valence-electron chi connectivity index (χ3n) is 5.49. The van der Waals surface area contributed by atoms with E-state index in [2.05, 4.69) is 10.3 Å². The van der Waals surface area contributed by atoms with E-state index < -0.39 is 6.04 Å². The monoisotopic (exact) mass is 430 g/mol. The highest BCUT2D eigenvalue weighted by molar-refractivity contribution is 6.05. The Morgan fingerprint density at radius 3 is 2.84 bits per heavy atom. The molecule has 2 aliphatic rings. The van der Waals surface area contributed by atoms with Gasteiger partial charge in [0.15, 0.2) is 0 Å². The van der Waals surface area contributed by atoms with Gasteiger partial charge in [-0.3, -0.25) is 14.9 Å². The maximum absolute atomic E-state index is 12.5. The van der Waals surface area contributed by atoms with Crippen LogP contribution in [0.2, 0.25) is 0 Å². The molecule has 0 radical (unpaired) electrons. The van der Waals surface area contributed by atoms with Crippen molar-refractivity contribution in [1.82, 2.24) is 15.1 Å². The van der Waals surface area contributed by atoms with Gasteiger partial charge in [0.05, 0.1) is 19.4 Å². The highest BCUT2D eigenvalue weighted by Gasteiger charge is 2.29. The predicted octanol–water partition coefficient (Wildman–Crippen LogP) is 1.97. The third-order valence-corrected chi connectivity index (χ3v) is 5.49. The lowest BCUT2D eigenvalue weighted by molar-refractivity contribution is -0.152. The normalized spacial score (nSPS) is 15.4. The Morgan fingerprint density at radius 2 is 2.10 bits per heavy atom. The lowest BCUT2D eigenvalue weighted by Crippen LogP contribution is -2.43. The van der Waals surface area contributed by atoms with Gasteiger partial charge in [0.2, 0.25) is 17.8 Å². The average Bonchev–Trinajstić information content (AvgIpc) is 3.13. The number of nitrogens with zero attached hydrogens (tertiary/aromatic N) is 3. The van der Waals surface area contributed by atoms with Crippen LogP contribution in [0, 0.1) is 0 Å². The van der Waals surface area contributed by atoms with E-state index in [9.17, 15) is 14.4 Å². The molecule has 1 atom stereocenters. The summed E-state index contributed by atoms with van der Waals surface area (Å²) < 4.78 is 10.7. The number of guanidine groups is 1. The Hall–Kier alpha value is -3.10. The highest BCUT2D eigenvalue weighted by Crippen LogP contribution is 2.30. The molecule has 1 fully saturated rings. The van der Waals surface area contributed by atoms with Gasteiger partial charge in [0.25, 0.3) is 0 Å². The van der Waals surface area contributed by atoms with Gasteiger partial charge in [-0.05, 0) is 31.0 Å². The molecule has 3 rings (SSSR count). The predicted molar refractivity (Wildman–Crippen MR) is 115 cm³/mol. The zero-order chi connectivity index (χ0) is 22.4. The summed E-state index contributed by atoms with van der Waals surface area (Å²) in [5.74, 6) is 0.760. The van der Waals surface area contributed by atoms with Crippen molar-refractivity contribution in [2.24, 2.45) is 4.99 Å². The number of carbonyl (C=O) groups excluding carboxylic acids is 3. The number of methoxy groups -OCH3 is 1. The largest absolute Gasteiger partial charge is 0.494 e. The van der Waals surface area contributed by atoms with Crippen LogP contribution in [0.5, 0.6) is 5.75 Å². The minimum atomic E-state index is -0.545. The van der Waals surface area contributed by atoms with Crippen molar-refractivity contribution in [3.63, 3.8) is 0 Å². The first kappa shape index (κ1) is 22.6. The maximum Gasteiger partial charge on any atom is 0.328 e. The molecule has 0 aromatic heterocycles. The molecule has 0 aliphatic carbocycles. The fourth-order valence-electron chi connectivity index (χ4n) is 3.69. The van der Waals surface area contributed by atoms with Crippen molar-refractivity contribution >= 4 is 29.4 Å². The van der Waals surface area contributed by atoms with Crippen molar-refractivity contribution < 1.29 is 23.9 Å². The van der Waals surface area contributed by atoms with Crippen molar-refractivity contribution in [3.05, 3.63) is 23.8 Å². The molecule has 31 heavy (non-hydrogen) atoms. The molecule has 0 spiro atoms. The molecule has 2 aliphatic heterocycles. The third kappa shape index (κ3) is 5.53. The van der Waals surface area contributed by atoms with Crippen LogP contribution in [0.25, 0.3) is 0 Å². The number of fused-ring (bicyclic) bond motifs is 2. The van der Waals surface area contributed by atoms with Crippen LogP contribution in [0.3, 0.4) is 0 Å². The number of nitrogens with one attached hydrogen (secondary N) is 1. The SMILES string of the molecule is CCCCC(C(=O)OC)N(C)C(=O)CCCOc1ccc2c(c1)CN1CC(=O)NC1=N2. The van der Waals surface area contributed by atoms with E-state index in [4.69, 9.17) is 9.47 Å². The number of aliphatic imine (C=N–C) groups is 1. The summed E-state index contributed by atoms with van der Waals surface area (Å²) in [5.41, 5.74) is 1.81. The Balaban J connectivity index is 1.48. The molecule has 1 aromatic carbocycles. The lowest BCUT2D eigenvalue weighted by atomic mass is 10.1. The lowest BCUT2D eigenvalue weighted by Gasteiger charge is -2.26. The molecule has 1 saturated heterocycles. The second kappa shape index (κ2) is 10.3. The van der Waals surface area contributed by atoms with Gasteiger partial charge >= 0.3 is 5.97 Å². The van der Waals surface area contributed by atoms with Gasteiger partial charge in [-0.15, -0.1) is 0 Å². The van der Waals surface area contributed by atoms with Crippen LogP contribution in [0.1, 0.15) is 44.6 Å². The van der Waals surface area contributed by atoms with E-state index in [-0.39, 0.29) is 24.2 Å². The molecule has 9 nitrogen and oxygen atoms in total. The number of hydrogen-bond acceptors (Lipinski definition) is 7. The van der Waals surface area contributed by atoms with E-state index in [0.29, 0.717) is 44.2 Å². The quantitative estimate of drug-likeness (QED) is 0.450. The Kier molecular flexibility index (Phi) is 7.49. The molecule has 1 unspecified atom stereocenters. The Bertz CT molecular complexity index is 869. The first-order valence-electron chi connectivity index (χ1n) is 10.7. The fraction of sp³-hybridized carbons (Fsp3) is 0.545. The summed E-state index contributed by atoms with van der Waals surface area (Å²) in [6.07, 6.45) is 3.22. The summed E-state index contributed by atoms with van der Waals surface area (Å²) in [6.45, 7) is 3.33. The van der Waals surface area contributed by atoms with Gasteiger partial charge in [-0.1, -0.05) is 19.8 Å². The standard InChI is InChI=1S/C22H30N4O5/c1-4-5-7-18(21(29)30-3)25(2)20(28)8-6-11-31-16-9-10-17-15(12-16)13-26-14-19(27)24-22(26)23-17/h9-10,12,18H,4-8,11,13-14H2,1-3H3,(H,23,24,27). The molecule has 168 valence electrons. The number of benzene rings is 1. The molecular weight excluding hydrogens is 400 g/mol. The first-order valence-corrected chi connectivity index (χ1v) is 10.7. The van der Waals surface area contributed by atoms with Gasteiger partial charge in [-0.2, -0.15) is 0 Å². The van der Waals surface area contributed by atoms with Crippen LogP contribution < -0.4 is 10.1 Å². The summed E-state index contributed by atoms with van der Waals surface area (Å²) in [7, 11) is 2.99. The minimum Gasteiger partial charge on any atom is -0.494 e. The van der Waals surface area contributed by atoms with Crippen molar-refractivity contribution in [2.45, 2.75) is 51.6 Å². The number of rotatable bonds is 10. The summed E-state index contributed by atoms with van der Waals surface area (Å²) in [5, 5.41) is 2.74. The first-order chi connectivity index (χ1) is 14.9. The number of esters is 1. The molecule has 9 heteroatoms. The van der Waals surface area contributed by atoms with E-state index >= 15 is 0 Å². The van der Waals surface area contributed by atoms with Gasteiger partial charge < -0.3 is 19.3 Å². The fourth-order valence-corrected chi connectivity index (χ4v) is 3.69. The molecule has 0 saturated carbocycles. The smallest absolute Gasteiger partial charge is 0.328 e. The number of ether oxygens (including phenoxy) is 2. The number of hydrogen-bond donors (Lipinski definition) is 1. The minimum absolute atomic E-state index is 0.0539. The maximum atomic E-state index is 12.5. The van der Waals surface area contributed by atoms with Gasteiger partial charge in [0.1, 0.15) is 18.3 Å². The summed E-state index contributed by atoms with van der Waals surface area (Å²) in [6, 6.07) is 5.08. The second-order valence-corrected chi connectivity index (χ2v) is 7.77. The van der Waals surface area contributed by atoms with E-state index in [1.165, 1.54) is 12.0 Å². The molecule has 2 heterocycles. The molecule has 1 aromatic rings. The Morgan fingerprint density at radius 1 is 1.29 bits per heavy atom. The van der Waals surface area contributed by atoms with Crippen LogP contribution in [0.4, 0.5) is 5.69 Å². The summed E-state index contributed by atoms with van der Waals surface area (Å²) >= 11 is 0. The second-order valence-electron chi connectivity index (χ2n) is 7.77. The topological polar surface area (TPSA) is 101 Å². The number of likely N-dealkylation sites (N-methyl/N-ethyl adjacent to an activating group) is 1. The van der Waals surface area contributed by atoms with E-state index in [0.717, 1.165) is 24.1 Å². The molecule has 2 amide bonds. The average molecular weight is 431 g/mol. The van der Waals surface area contributed by atoms with Crippen LogP contribution in [-0.4, -0.2) is 66.9 Å². The van der Waals surface area contributed by atoms with Gasteiger partial charge in [-0.25, -0.2) is 9.79 Å². The summed E-state index contributed by atoms with van der Waals surface area (Å²) in [4.78, 5) is 43.9. The van der Waals surface area contributed by atoms with Crippen molar-refractivity contribution in [2.75, 3.05) is 27.3 Å². The number of unbranched alkanes of at least 4 members (excludes halogenated alkanes) is 1. The van der Waals surface area contributed by atoms with Crippen LogP contribution in [-0.2, 0) is 25.7 Å². The van der Waals surface area contributed by atoms with E-state index in [1.807, 2.05) is 30.0 Å². The van der Waals surface area contributed by atoms with Crippen LogP contribution in [0.15, 0.2) is 23.2 Å². The zero-order valence-corrected chi connectivity index (χ0v) is 18.3. The molecule has 1 N–H and O–H groups in total. The van der Waals surface area contributed by atoms with E-state index in [1.54, 1.807) is 7.05 Å². The number of amides is 2. The molecular formula is C22H30N4O5. The number of carbonyl (C=O) groups is 3. The molecule has 0 bridgehead atoms. The van der Waals surface area contributed by atoms with Gasteiger partial charge in [0, 0.05) is 25.6 Å². The van der Waals surface area contributed by atoms with Crippen molar-refractivity contribution in [3.8, 4) is 5.75 Å². The van der Waals surface area contributed by atoms with Crippen molar-refractivity contribution in [1.29, 1.82) is 0 Å². The zero-order valence-electron chi connectivity index (χ0n) is 18.3. The Labute approximate surface area is 182 Å². The van der Waals surface area contributed by atoms with Crippen LogP contribution >= 0.6 is 0 Å². The highest BCUT2D eigenvalue weighted by atomic mass is 16.5.